The van der Waals surface area contributed by atoms with Crippen LogP contribution < -0.4 is 10.6 Å². The Hall–Kier alpha value is -1.26. The second kappa shape index (κ2) is 4.64. The Balaban J connectivity index is 1.54. The summed E-state index contributed by atoms with van der Waals surface area (Å²) in [5, 5.41) is 14.9. The molecule has 0 spiro atoms. The van der Waals surface area contributed by atoms with Crippen molar-refractivity contribution >= 4 is 12.0 Å². The predicted octanol–water partition coefficient (Wildman–Crippen LogP) is 1.97. The highest BCUT2D eigenvalue weighted by atomic mass is 16.4. The van der Waals surface area contributed by atoms with Gasteiger partial charge in [0.05, 0.1) is 0 Å². The van der Waals surface area contributed by atoms with E-state index in [0.717, 1.165) is 18.3 Å². The Labute approximate surface area is 119 Å². The summed E-state index contributed by atoms with van der Waals surface area (Å²) < 4.78 is 0. The van der Waals surface area contributed by atoms with Crippen LogP contribution in [0.15, 0.2) is 0 Å². The summed E-state index contributed by atoms with van der Waals surface area (Å²) in [6, 6.07) is -0.0249. The maximum Gasteiger partial charge on any atom is 0.329 e. The largest absolute Gasteiger partial charge is 0.480 e. The fourth-order valence-corrected chi connectivity index (χ4v) is 4.68. The van der Waals surface area contributed by atoms with Gasteiger partial charge in [0.2, 0.25) is 0 Å². The molecule has 3 saturated carbocycles. The van der Waals surface area contributed by atoms with E-state index in [9.17, 15) is 14.7 Å². The second-order valence-electron chi connectivity index (χ2n) is 7.00. The molecule has 0 heterocycles. The maximum absolute atomic E-state index is 12.1. The number of rotatable bonds is 5. The molecule has 112 valence electrons. The van der Waals surface area contributed by atoms with Crippen molar-refractivity contribution in [2.24, 2.45) is 23.7 Å². The van der Waals surface area contributed by atoms with Crippen molar-refractivity contribution < 1.29 is 14.7 Å². The van der Waals surface area contributed by atoms with Gasteiger partial charge in [0, 0.05) is 6.04 Å². The van der Waals surface area contributed by atoms with Gasteiger partial charge in [-0.15, -0.1) is 0 Å². The molecular formula is C15H24N2O3. The number of nitrogens with one attached hydrogen (secondary N) is 2. The molecule has 0 aliphatic heterocycles. The van der Waals surface area contributed by atoms with Crippen LogP contribution in [-0.4, -0.2) is 28.7 Å². The Kier molecular flexibility index (Phi) is 3.18. The fraction of sp³-hybridized carbons (Fsp3) is 0.867. The number of fused-ring (bicyclic) bond motifs is 5. The van der Waals surface area contributed by atoms with Crippen molar-refractivity contribution in [3.8, 4) is 0 Å². The van der Waals surface area contributed by atoms with E-state index in [4.69, 9.17) is 0 Å². The summed E-state index contributed by atoms with van der Waals surface area (Å²) in [7, 11) is 0. The zero-order valence-electron chi connectivity index (χ0n) is 12.2. The number of urea groups is 1. The molecule has 3 N–H and O–H groups in total. The van der Waals surface area contributed by atoms with Gasteiger partial charge in [0.1, 0.15) is 5.54 Å². The fourth-order valence-electron chi connectivity index (χ4n) is 4.68. The predicted molar refractivity (Wildman–Crippen MR) is 74.2 cm³/mol. The van der Waals surface area contributed by atoms with Crippen LogP contribution in [0.1, 0.15) is 46.0 Å². The molecular weight excluding hydrogens is 256 g/mol. The third kappa shape index (κ3) is 2.07. The van der Waals surface area contributed by atoms with E-state index in [1.165, 1.54) is 19.3 Å². The molecule has 0 aromatic heterocycles. The van der Waals surface area contributed by atoms with Gasteiger partial charge < -0.3 is 15.7 Å². The highest BCUT2D eigenvalue weighted by molar-refractivity contribution is 5.86. The van der Waals surface area contributed by atoms with Crippen LogP contribution >= 0.6 is 0 Å². The quantitative estimate of drug-likeness (QED) is 0.720. The first kappa shape index (κ1) is 13.7. The lowest BCUT2D eigenvalue weighted by Crippen LogP contribution is -2.55. The first-order valence-corrected chi connectivity index (χ1v) is 7.78. The highest BCUT2D eigenvalue weighted by Crippen LogP contribution is 2.65. The van der Waals surface area contributed by atoms with Gasteiger partial charge in [-0.25, -0.2) is 9.59 Å². The van der Waals surface area contributed by atoms with Gasteiger partial charge in [-0.3, -0.25) is 0 Å². The van der Waals surface area contributed by atoms with E-state index in [1.54, 1.807) is 6.92 Å². The normalized spacial score (nSPS) is 39.8. The SMILES string of the molecule is CCCC(C)(NC(=O)NC1C2C3CCC(C3)C12)C(=O)O. The average Bonchev–Trinajstić information content (AvgIpc) is 2.78. The van der Waals surface area contributed by atoms with E-state index >= 15 is 0 Å². The summed E-state index contributed by atoms with van der Waals surface area (Å²) in [6.07, 6.45) is 5.14. The van der Waals surface area contributed by atoms with Gasteiger partial charge >= 0.3 is 12.0 Å². The van der Waals surface area contributed by atoms with Crippen LogP contribution in [0.3, 0.4) is 0 Å². The molecule has 5 nitrogen and oxygen atoms in total. The molecule has 5 atom stereocenters. The van der Waals surface area contributed by atoms with Gasteiger partial charge in [-0.1, -0.05) is 13.3 Å². The third-order valence-corrected chi connectivity index (χ3v) is 5.64. The van der Waals surface area contributed by atoms with Crippen molar-refractivity contribution in [2.75, 3.05) is 0 Å². The summed E-state index contributed by atoms with van der Waals surface area (Å²) >= 11 is 0. The average molecular weight is 280 g/mol. The first-order chi connectivity index (χ1) is 9.46. The topological polar surface area (TPSA) is 78.4 Å². The maximum atomic E-state index is 12.1. The van der Waals surface area contributed by atoms with Crippen molar-refractivity contribution in [3.05, 3.63) is 0 Å². The first-order valence-electron chi connectivity index (χ1n) is 7.78. The van der Waals surface area contributed by atoms with E-state index in [1.807, 2.05) is 6.92 Å². The molecule has 5 heteroatoms. The molecule has 3 fully saturated rings. The Morgan fingerprint density at radius 3 is 2.35 bits per heavy atom. The molecule has 0 aromatic rings. The van der Waals surface area contributed by atoms with Crippen molar-refractivity contribution in [3.63, 3.8) is 0 Å². The Morgan fingerprint density at radius 1 is 1.25 bits per heavy atom. The summed E-state index contributed by atoms with van der Waals surface area (Å²) in [4.78, 5) is 23.4. The van der Waals surface area contributed by atoms with Crippen molar-refractivity contribution in [1.82, 2.24) is 10.6 Å². The number of carbonyl (C=O) groups excluding carboxylic acids is 1. The summed E-state index contributed by atoms with van der Waals surface area (Å²) in [6.45, 7) is 3.50. The lowest BCUT2D eigenvalue weighted by molar-refractivity contribution is -0.144. The van der Waals surface area contributed by atoms with Crippen LogP contribution in [0.25, 0.3) is 0 Å². The van der Waals surface area contributed by atoms with E-state index in [2.05, 4.69) is 10.6 Å². The van der Waals surface area contributed by atoms with Gasteiger partial charge in [-0.2, -0.15) is 0 Å². The van der Waals surface area contributed by atoms with Crippen LogP contribution in [0, 0.1) is 23.7 Å². The Bertz CT molecular complexity index is 423. The molecule has 20 heavy (non-hydrogen) atoms. The summed E-state index contributed by atoms with van der Waals surface area (Å²) in [5.74, 6) is 1.97. The van der Waals surface area contributed by atoms with Crippen LogP contribution in [-0.2, 0) is 4.79 Å². The van der Waals surface area contributed by atoms with Crippen molar-refractivity contribution in [1.29, 1.82) is 0 Å². The zero-order valence-corrected chi connectivity index (χ0v) is 12.2. The van der Waals surface area contributed by atoms with Gasteiger partial charge in [0.25, 0.3) is 0 Å². The second-order valence-corrected chi connectivity index (χ2v) is 7.00. The minimum atomic E-state index is -1.16. The monoisotopic (exact) mass is 280 g/mol. The minimum absolute atomic E-state index is 0.293. The van der Waals surface area contributed by atoms with Gasteiger partial charge in [-0.05, 0) is 56.3 Å². The number of carbonyl (C=O) groups is 2. The minimum Gasteiger partial charge on any atom is -0.480 e. The van der Waals surface area contributed by atoms with Crippen LogP contribution in [0.5, 0.6) is 0 Å². The van der Waals surface area contributed by atoms with E-state index < -0.39 is 11.5 Å². The number of amides is 2. The third-order valence-electron chi connectivity index (χ3n) is 5.64. The molecule has 3 aliphatic carbocycles. The van der Waals surface area contributed by atoms with Crippen molar-refractivity contribution in [2.45, 2.75) is 57.5 Å². The van der Waals surface area contributed by atoms with Gasteiger partial charge in [0.15, 0.2) is 0 Å². The van der Waals surface area contributed by atoms with Crippen LogP contribution in [0.2, 0.25) is 0 Å². The zero-order chi connectivity index (χ0) is 14.5. The smallest absolute Gasteiger partial charge is 0.329 e. The number of aliphatic carboxylic acids is 1. The van der Waals surface area contributed by atoms with E-state index in [0.29, 0.717) is 24.3 Å². The Morgan fingerprint density at radius 2 is 1.85 bits per heavy atom. The number of hydrogen-bond acceptors (Lipinski definition) is 2. The van der Waals surface area contributed by atoms with E-state index in [-0.39, 0.29) is 6.03 Å². The molecule has 0 aromatic carbocycles. The van der Waals surface area contributed by atoms with Crippen LogP contribution in [0.4, 0.5) is 4.79 Å². The standard InChI is InChI=1S/C15H24N2O3/c1-3-6-15(2,13(18)19)17-14(20)16-12-10-8-4-5-9(7-8)11(10)12/h8-12H,3-7H2,1-2H3,(H,18,19)(H2,16,17,20). The molecule has 5 unspecified atom stereocenters. The molecule has 2 bridgehead atoms. The lowest BCUT2D eigenvalue weighted by atomic mass is 9.96. The molecule has 0 radical (unpaired) electrons. The summed E-state index contributed by atoms with van der Waals surface area (Å²) in [5.41, 5.74) is -1.16. The lowest BCUT2D eigenvalue weighted by Gasteiger charge is -2.26. The molecule has 3 aliphatic rings. The highest BCUT2D eigenvalue weighted by Gasteiger charge is 2.65. The molecule has 0 saturated heterocycles. The molecule has 2 amide bonds. The number of carboxylic acids is 1. The number of carboxylic acid groups (broad SMARTS) is 1. The number of hydrogen-bond donors (Lipinski definition) is 3. The molecule has 3 rings (SSSR count).